The van der Waals surface area contributed by atoms with Gasteiger partial charge in [0.2, 0.25) is 5.89 Å². The van der Waals surface area contributed by atoms with Crippen molar-refractivity contribution in [2.24, 2.45) is 0 Å². The van der Waals surface area contributed by atoms with E-state index < -0.39 is 0 Å². The molecule has 1 saturated heterocycles. The third kappa shape index (κ3) is 3.17. The monoisotopic (exact) mass is 238 g/mol. The molecule has 2 N–H and O–H groups in total. The van der Waals surface area contributed by atoms with Gasteiger partial charge >= 0.3 is 6.01 Å². The van der Waals surface area contributed by atoms with E-state index in [0.29, 0.717) is 30.5 Å². The molecule has 1 aromatic heterocycles. The van der Waals surface area contributed by atoms with E-state index in [1.807, 2.05) is 0 Å². The van der Waals surface area contributed by atoms with Crippen LogP contribution in [0.2, 0.25) is 0 Å². The van der Waals surface area contributed by atoms with E-state index in [1.54, 1.807) is 0 Å². The minimum absolute atomic E-state index is 0.397. The molecule has 17 heavy (non-hydrogen) atoms. The molecule has 0 spiro atoms. The summed E-state index contributed by atoms with van der Waals surface area (Å²) in [4.78, 5) is 0. The summed E-state index contributed by atoms with van der Waals surface area (Å²) in [5, 5.41) is 14.6. The summed E-state index contributed by atoms with van der Waals surface area (Å²) in [6, 6.07) is 1.59. The first-order valence-corrected chi connectivity index (χ1v) is 6.30. The van der Waals surface area contributed by atoms with Crippen LogP contribution in [0.4, 0.5) is 6.01 Å². The molecule has 0 aromatic carbocycles. The fourth-order valence-electron chi connectivity index (χ4n) is 1.92. The SMILES string of the molecule is C1CC(Nc2nnc(CNC3CC3)o2)CCO1. The standard InChI is InChI=1S/C11H18N4O2/c1-2-8(1)12-7-10-14-15-11(17-10)13-9-3-5-16-6-4-9/h8-9,12H,1-7H2,(H,13,15). The minimum atomic E-state index is 0.397. The molecule has 0 radical (unpaired) electrons. The smallest absolute Gasteiger partial charge is 0.315 e. The maximum absolute atomic E-state index is 5.53. The number of nitrogens with zero attached hydrogens (tertiary/aromatic N) is 2. The topological polar surface area (TPSA) is 72.2 Å². The van der Waals surface area contributed by atoms with Gasteiger partial charge in [0.05, 0.1) is 6.54 Å². The lowest BCUT2D eigenvalue weighted by Gasteiger charge is -2.21. The lowest BCUT2D eigenvalue weighted by molar-refractivity contribution is 0.0899. The van der Waals surface area contributed by atoms with Crippen LogP contribution in [0.15, 0.2) is 4.42 Å². The number of hydrogen-bond donors (Lipinski definition) is 2. The molecule has 0 bridgehead atoms. The van der Waals surface area contributed by atoms with Gasteiger partial charge in [-0.1, -0.05) is 5.10 Å². The maximum atomic E-state index is 5.53. The number of hydrogen-bond acceptors (Lipinski definition) is 6. The molecular formula is C11H18N4O2. The van der Waals surface area contributed by atoms with Crippen molar-refractivity contribution in [3.63, 3.8) is 0 Å². The van der Waals surface area contributed by atoms with Gasteiger partial charge in [-0.15, -0.1) is 5.10 Å². The van der Waals surface area contributed by atoms with Crippen LogP contribution in [0, 0.1) is 0 Å². The average molecular weight is 238 g/mol. The number of rotatable bonds is 5. The zero-order valence-electron chi connectivity index (χ0n) is 9.82. The quantitative estimate of drug-likeness (QED) is 0.794. The predicted octanol–water partition coefficient (Wildman–Crippen LogP) is 0.912. The Morgan fingerprint density at radius 2 is 1.88 bits per heavy atom. The van der Waals surface area contributed by atoms with Crippen molar-refractivity contribution in [2.45, 2.75) is 44.3 Å². The molecule has 0 atom stereocenters. The summed E-state index contributed by atoms with van der Waals surface area (Å²) in [5.74, 6) is 0.659. The molecule has 0 unspecified atom stereocenters. The molecule has 2 heterocycles. The molecule has 94 valence electrons. The molecular weight excluding hydrogens is 220 g/mol. The van der Waals surface area contributed by atoms with Crippen molar-refractivity contribution >= 4 is 6.01 Å². The second kappa shape index (κ2) is 5.01. The van der Waals surface area contributed by atoms with Gasteiger partial charge in [-0.05, 0) is 25.7 Å². The number of anilines is 1. The highest BCUT2D eigenvalue weighted by molar-refractivity contribution is 5.19. The predicted molar refractivity (Wildman–Crippen MR) is 61.6 cm³/mol. The second-order valence-electron chi connectivity index (χ2n) is 4.69. The Hall–Kier alpha value is -1.14. The molecule has 3 rings (SSSR count). The van der Waals surface area contributed by atoms with Gasteiger partial charge in [0.25, 0.3) is 0 Å². The van der Waals surface area contributed by atoms with Crippen molar-refractivity contribution < 1.29 is 9.15 Å². The molecule has 1 aliphatic carbocycles. The van der Waals surface area contributed by atoms with Crippen molar-refractivity contribution in [2.75, 3.05) is 18.5 Å². The first-order valence-electron chi connectivity index (χ1n) is 6.30. The van der Waals surface area contributed by atoms with Crippen LogP contribution in [0.5, 0.6) is 0 Å². The van der Waals surface area contributed by atoms with E-state index in [0.717, 1.165) is 26.1 Å². The zero-order chi connectivity index (χ0) is 11.5. The number of ether oxygens (including phenoxy) is 1. The van der Waals surface area contributed by atoms with Crippen LogP contribution in [0.3, 0.4) is 0 Å². The Kier molecular flexibility index (Phi) is 3.24. The van der Waals surface area contributed by atoms with E-state index in [9.17, 15) is 0 Å². The van der Waals surface area contributed by atoms with Gasteiger partial charge in [0.1, 0.15) is 0 Å². The lowest BCUT2D eigenvalue weighted by atomic mass is 10.1. The molecule has 1 saturated carbocycles. The molecule has 2 fully saturated rings. The normalized spacial score (nSPS) is 21.6. The van der Waals surface area contributed by atoms with Gasteiger partial charge < -0.3 is 19.8 Å². The van der Waals surface area contributed by atoms with Crippen LogP contribution in [0.1, 0.15) is 31.6 Å². The highest BCUT2D eigenvalue weighted by Gasteiger charge is 2.21. The van der Waals surface area contributed by atoms with E-state index >= 15 is 0 Å². The minimum Gasteiger partial charge on any atom is -0.407 e. The van der Waals surface area contributed by atoms with Crippen molar-refractivity contribution in [3.8, 4) is 0 Å². The van der Waals surface area contributed by atoms with Crippen molar-refractivity contribution in [1.29, 1.82) is 0 Å². The van der Waals surface area contributed by atoms with Crippen LogP contribution in [0.25, 0.3) is 0 Å². The Morgan fingerprint density at radius 1 is 1.06 bits per heavy atom. The molecule has 1 aliphatic heterocycles. The van der Waals surface area contributed by atoms with E-state index in [4.69, 9.17) is 9.15 Å². The summed E-state index contributed by atoms with van der Waals surface area (Å²) in [5.41, 5.74) is 0. The highest BCUT2D eigenvalue weighted by Crippen LogP contribution is 2.19. The summed E-state index contributed by atoms with van der Waals surface area (Å²) in [6.45, 7) is 2.29. The molecule has 6 nitrogen and oxygen atoms in total. The zero-order valence-corrected chi connectivity index (χ0v) is 9.82. The lowest BCUT2D eigenvalue weighted by Crippen LogP contribution is -2.27. The maximum Gasteiger partial charge on any atom is 0.315 e. The van der Waals surface area contributed by atoms with Crippen LogP contribution in [-0.2, 0) is 11.3 Å². The number of aromatic nitrogens is 2. The third-order valence-corrected chi connectivity index (χ3v) is 3.14. The van der Waals surface area contributed by atoms with E-state index in [1.165, 1.54) is 12.8 Å². The molecule has 1 aromatic rings. The van der Waals surface area contributed by atoms with Gasteiger partial charge in [-0.25, -0.2) is 0 Å². The van der Waals surface area contributed by atoms with Crippen molar-refractivity contribution in [3.05, 3.63) is 5.89 Å². The summed E-state index contributed by atoms with van der Waals surface area (Å²) >= 11 is 0. The first-order chi connectivity index (χ1) is 8.40. The fourth-order valence-corrected chi connectivity index (χ4v) is 1.92. The van der Waals surface area contributed by atoms with Gasteiger partial charge in [0.15, 0.2) is 0 Å². The Bertz CT molecular complexity index is 358. The van der Waals surface area contributed by atoms with Gasteiger partial charge in [0, 0.05) is 25.3 Å². The van der Waals surface area contributed by atoms with Crippen LogP contribution >= 0.6 is 0 Å². The van der Waals surface area contributed by atoms with Crippen molar-refractivity contribution in [1.82, 2.24) is 15.5 Å². The Balaban J connectivity index is 1.48. The Labute approximate surface area is 100 Å². The summed E-state index contributed by atoms with van der Waals surface area (Å²) in [7, 11) is 0. The summed E-state index contributed by atoms with van der Waals surface area (Å²) < 4.78 is 10.8. The largest absolute Gasteiger partial charge is 0.407 e. The average Bonchev–Trinajstić information content (AvgIpc) is 3.09. The summed E-state index contributed by atoms with van der Waals surface area (Å²) in [6.07, 6.45) is 4.53. The third-order valence-electron chi connectivity index (χ3n) is 3.14. The fraction of sp³-hybridized carbons (Fsp3) is 0.818. The second-order valence-corrected chi connectivity index (χ2v) is 4.69. The van der Waals surface area contributed by atoms with E-state index in [2.05, 4.69) is 20.8 Å². The molecule has 0 amide bonds. The van der Waals surface area contributed by atoms with E-state index in [-0.39, 0.29) is 0 Å². The van der Waals surface area contributed by atoms with Crippen LogP contribution in [-0.4, -0.2) is 35.5 Å². The number of nitrogens with one attached hydrogen (secondary N) is 2. The first kappa shape index (κ1) is 11.0. The van der Waals surface area contributed by atoms with Crippen LogP contribution < -0.4 is 10.6 Å². The highest BCUT2D eigenvalue weighted by atomic mass is 16.5. The Morgan fingerprint density at radius 3 is 2.65 bits per heavy atom. The molecule has 2 aliphatic rings. The molecule has 6 heteroatoms. The van der Waals surface area contributed by atoms with Gasteiger partial charge in [-0.2, -0.15) is 0 Å². The van der Waals surface area contributed by atoms with Gasteiger partial charge in [-0.3, -0.25) is 0 Å².